The second-order valence-electron chi connectivity index (χ2n) is 7.02. The number of amides is 2. The van der Waals surface area contributed by atoms with E-state index in [2.05, 4.69) is 22.8 Å². The standard InChI is InChI=1S/C21H22N2O3/c24-20-13-26-19-10-9-16(12-18(19)22-20)21(25)23-17(11-14-5-4-6-14)15-7-2-1-3-8-15/h1-3,7-10,12,14,17H,4-6,11,13H2,(H,22,24)(H,23,25). The highest BCUT2D eigenvalue weighted by Crippen LogP contribution is 2.35. The monoisotopic (exact) mass is 350 g/mol. The van der Waals surface area contributed by atoms with Crippen LogP contribution in [0, 0.1) is 5.92 Å². The molecule has 1 aliphatic carbocycles. The minimum absolute atomic E-state index is 0.00382. The lowest BCUT2D eigenvalue weighted by Gasteiger charge is -2.30. The van der Waals surface area contributed by atoms with E-state index < -0.39 is 0 Å². The number of ether oxygens (including phenoxy) is 1. The van der Waals surface area contributed by atoms with Crippen LogP contribution in [0.2, 0.25) is 0 Å². The first-order valence-corrected chi connectivity index (χ1v) is 9.11. The Morgan fingerprint density at radius 2 is 2.00 bits per heavy atom. The maximum atomic E-state index is 12.8. The van der Waals surface area contributed by atoms with Gasteiger partial charge in [-0.1, -0.05) is 49.6 Å². The molecular weight excluding hydrogens is 328 g/mol. The first kappa shape index (κ1) is 16.6. The number of fused-ring (bicyclic) bond motifs is 1. The normalized spacial score (nSPS) is 17.3. The minimum Gasteiger partial charge on any atom is -0.482 e. The van der Waals surface area contributed by atoms with Crippen molar-refractivity contribution in [1.82, 2.24) is 5.32 Å². The lowest BCUT2D eigenvalue weighted by molar-refractivity contribution is -0.118. The molecule has 0 radical (unpaired) electrons. The number of nitrogens with one attached hydrogen (secondary N) is 2. The van der Waals surface area contributed by atoms with Gasteiger partial charge in [0.05, 0.1) is 11.7 Å². The molecule has 4 rings (SSSR count). The molecule has 1 unspecified atom stereocenters. The van der Waals surface area contributed by atoms with Crippen molar-refractivity contribution in [2.24, 2.45) is 5.92 Å². The maximum Gasteiger partial charge on any atom is 0.262 e. The summed E-state index contributed by atoms with van der Waals surface area (Å²) in [6.07, 6.45) is 4.72. The van der Waals surface area contributed by atoms with E-state index in [1.54, 1.807) is 18.2 Å². The van der Waals surface area contributed by atoms with Crippen LogP contribution in [-0.4, -0.2) is 18.4 Å². The van der Waals surface area contributed by atoms with E-state index in [1.165, 1.54) is 19.3 Å². The molecule has 5 heteroatoms. The van der Waals surface area contributed by atoms with E-state index in [9.17, 15) is 9.59 Å². The third-order valence-electron chi connectivity index (χ3n) is 5.18. The Hall–Kier alpha value is -2.82. The molecule has 2 aliphatic rings. The molecule has 1 saturated carbocycles. The molecule has 1 fully saturated rings. The third kappa shape index (κ3) is 3.57. The quantitative estimate of drug-likeness (QED) is 0.864. The van der Waals surface area contributed by atoms with Gasteiger partial charge in [0, 0.05) is 5.56 Å². The number of hydrogen-bond acceptors (Lipinski definition) is 3. The highest BCUT2D eigenvalue weighted by Gasteiger charge is 2.25. The van der Waals surface area contributed by atoms with Crippen molar-refractivity contribution < 1.29 is 14.3 Å². The minimum atomic E-state index is -0.206. The van der Waals surface area contributed by atoms with E-state index in [4.69, 9.17) is 4.74 Å². The fraction of sp³-hybridized carbons (Fsp3) is 0.333. The van der Waals surface area contributed by atoms with Crippen molar-refractivity contribution in [3.05, 3.63) is 59.7 Å². The van der Waals surface area contributed by atoms with Gasteiger partial charge in [-0.3, -0.25) is 9.59 Å². The average Bonchev–Trinajstić information content (AvgIpc) is 2.63. The highest BCUT2D eigenvalue weighted by molar-refractivity contribution is 6.00. The van der Waals surface area contributed by atoms with Crippen molar-refractivity contribution in [3.63, 3.8) is 0 Å². The molecule has 26 heavy (non-hydrogen) atoms. The first-order chi connectivity index (χ1) is 12.7. The van der Waals surface area contributed by atoms with Gasteiger partial charge in [0.2, 0.25) is 0 Å². The van der Waals surface area contributed by atoms with Crippen molar-refractivity contribution in [2.75, 3.05) is 11.9 Å². The molecule has 1 heterocycles. The summed E-state index contributed by atoms with van der Waals surface area (Å²) >= 11 is 0. The topological polar surface area (TPSA) is 67.4 Å². The number of benzene rings is 2. The Morgan fingerprint density at radius 3 is 2.73 bits per heavy atom. The Labute approximate surface area is 152 Å². The van der Waals surface area contributed by atoms with Gasteiger partial charge >= 0.3 is 0 Å². The van der Waals surface area contributed by atoms with Crippen LogP contribution in [0.5, 0.6) is 5.75 Å². The van der Waals surface area contributed by atoms with Crippen molar-refractivity contribution >= 4 is 17.5 Å². The molecule has 5 nitrogen and oxygen atoms in total. The zero-order valence-corrected chi connectivity index (χ0v) is 14.5. The predicted octanol–water partition coefficient (Wildman–Crippen LogP) is 3.68. The van der Waals surface area contributed by atoms with Gasteiger partial charge in [0.15, 0.2) is 6.61 Å². The summed E-state index contributed by atoms with van der Waals surface area (Å²) in [5.41, 5.74) is 2.19. The van der Waals surface area contributed by atoms with Crippen LogP contribution >= 0.6 is 0 Å². The van der Waals surface area contributed by atoms with Crippen molar-refractivity contribution in [2.45, 2.75) is 31.7 Å². The van der Waals surface area contributed by atoms with Crippen LogP contribution in [0.1, 0.15) is 47.6 Å². The first-order valence-electron chi connectivity index (χ1n) is 9.11. The number of carbonyl (C=O) groups is 2. The fourth-order valence-electron chi connectivity index (χ4n) is 3.49. The summed E-state index contributed by atoms with van der Waals surface area (Å²) in [7, 11) is 0. The second-order valence-corrected chi connectivity index (χ2v) is 7.02. The lowest BCUT2D eigenvalue weighted by atomic mass is 9.79. The average molecular weight is 350 g/mol. The molecule has 2 N–H and O–H groups in total. The van der Waals surface area contributed by atoms with E-state index >= 15 is 0 Å². The van der Waals surface area contributed by atoms with E-state index in [0.717, 1.165) is 12.0 Å². The lowest BCUT2D eigenvalue weighted by Crippen LogP contribution is -2.31. The molecule has 2 amide bonds. The smallest absolute Gasteiger partial charge is 0.262 e. The predicted molar refractivity (Wildman–Crippen MR) is 99.2 cm³/mol. The number of rotatable bonds is 5. The van der Waals surface area contributed by atoms with Gasteiger partial charge in [-0.15, -0.1) is 0 Å². The highest BCUT2D eigenvalue weighted by atomic mass is 16.5. The molecule has 1 aliphatic heterocycles. The molecule has 134 valence electrons. The van der Waals surface area contributed by atoms with Gasteiger partial charge < -0.3 is 15.4 Å². The third-order valence-corrected chi connectivity index (χ3v) is 5.18. The summed E-state index contributed by atoms with van der Waals surface area (Å²) < 4.78 is 5.35. The molecule has 0 aromatic heterocycles. The zero-order valence-electron chi connectivity index (χ0n) is 14.5. The summed E-state index contributed by atoms with van der Waals surface area (Å²) in [5.74, 6) is 0.926. The number of anilines is 1. The van der Waals surface area contributed by atoms with Crippen LogP contribution in [0.3, 0.4) is 0 Å². The summed E-state index contributed by atoms with van der Waals surface area (Å²) in [4.78, 5) is 24.3. The number of hydrogen-bond donors (Lipinski definition) is 2. The van der Waals surface area contributed by atoms with Crippen LogP contribution in [0.25, 0.3) is 0 Å². The second kappa shape index (κ2) is 7.20. The fourth-order valence-corrected chi connectivity index (χ4v) is 3.49. The van der Waals surface area contributed by atoms with Gasteiger partial charge in [-0.25, -0.2) is 0 Å². The summed E-state index contributed by atoms with van der Waals surface area (Å²) in [6, 6.07) is 15.2. The van der Waals surface area contributed by atoms with E-state index in [1.807, 2.05) is 18.2 Å². The molecule has 0 bridgehead atoms. The van der Waals surface area contributed by atoms with Crippen LogP contribution in [0.15, 0.2) is 48.5 Å². The number of carbonyl (C=O) groups excluding carboxylic acids is 2. The van der Waals surface area contributed by atoms with E-state index in [-0.39, 0.29) is 24.5 Å². The van der Waals surface area contributed by atoms with Gasteiger partial charge in [-0.05, 0) is 36.1 Å². The molecule has 2 aromatic carbocycles. The van der Waals surface area contributed by atoms with Gasteiger partial charge in [0.1, 0.15) is 5.75 Å². The Balaban J connectivity index is 1.52. The Morgan fingerprint density at radius 1 is 1.19 bits per heavy atom. The van der Waals surface area contributed by atoms with Crippen molar-refractivity contribution in [3.8, 4) is 5.75 Å². The van der Waals surface area contributed by atoms with Crippen LogP contribution in [0.4, 0.5) is 5.69 Å². The van der Waals surface area contributed by atoms with Crippen LogP contribution in [-0.2, 0) is 4.79 Å². The summed E-state index contributed by atoms with van der Waals surface area (Å²) in [6.45, 7) is 0.00993. The SMILES string of the molecule is O=C1COc2ccc(C(=O)NC(CC3CCC3)c3ccccc3)cc2N1. The zero-order chi connectivity index (χ0) is 17.9. The van der Waals surface area contributed by atoms with Crippen molar-refractivity contribution in [1.29, 1.82) is 0 Å². The summed E-state index contributed by atoms with van der Waals surface area (Å²) in [5, 5.41) is 5.92. The largest absolute Gasteiger partial charge is 0.482 e. The van der Waals surface area contributed by atoms with Gasteiger partial charge in [0.25, 0.3) is 11.8 Å². The Kier molecular flexibility index (Phi) is 4.61. The molecular formula is C21H22N2O3. The maximum absolute atomic E-state index is 12.8. The van der Waals surface area contributed by atoms with Crippen LogP contribution < -0.4 is 15.4 Å². The molecule has 0 spiro atoms. The molecule has 1 atom stereocenters. The van der Waals surface area contributed by atoms with E-state index in [0.29, 0.717) is 22.9 Å². The molecule has 2 aromatic rings. The Bertz CT molecular complexity index is 815. The van der Waals surface area contributed by atoms with Gasteiger partial charge in [-0.2, -0.15) is 0 Å². The molecule has 0 saturated heterocycles.